The molecule has 0 spiro atoms. The number of nitrogens with zero attached hydrogens (tertiary/aromatic N) is 1. The number of fused-ring (bicyclic) bond motifs is 1. The molecule has 1 aromatic carbocycles. The highest BCUT2D eigenvalue weighted by atomic mass is 32.2. The minimum atomic E-state index is 0.186. The van der Waals surface area contributed by atoms with Crippen LogP contribution in [-0.4, -0.2) is 49.0 Å². The van der Waals surface area contributed by atoms with Gasteiger partial charge in [-0.2, -0.15) is 0 Å². The Hall–Kier alpha value is -0.550. The molecule has 20 heavy (non-hydrogen) atoms. The summed E-state index contributed by atoms with van der Waals surface area (Å²) in [5.41, 5.74) is 1.65. The Morgan fingerprint density at radius 1 is 1.30 bits per heavy atom. The molecule has 3 nitrogen and oxygen atoms in total. The maximum Gasteiger partial charge on any atom is 0.0594 e. The molecule has 2 heterocycles. The summed E-state index contributed by atoms with van der Waals surface area (Å²) in [5, 5.41) is 3.77. The third kappa shape index (κ3) is 3.03. The summed E-state index contributed by atoms with van der Waals surface area (Å²) >= 11 is 1.97. The van der Waals surface area contributed by atoms with Crippen LogP contribution < -0.4 is 5.32 Å². The maximum absolute atomic E-state index is 5.45. The largest absolute Gasteiger partial charge is 0.379 e. The fourth-order valence-corrected chi connectivity index (χ4v) is 4.18. The van der Waals surface area contributed by atoms with Gasteiger partial charge >= 0.3 is 0 Å². The first-order chi connectivity index (χ1) is 9.67. The first-order valence-corrected chi connectivity index (χ1v) is 8.43. The van der Waals surface area contributed by atoms with E-state index in [1.54, 1.807) is 0 Å². The van der Waals surface area contributed by atoms with Gasteiger partial charge in [-0.05, 0) is 25.5 Å². The number of thioether (sulfide) groups is 1. The van der Waals surface area contributed by atoms with E-state index in [0.717, 1.165) is 38.6 Å². The first kappa shape index (κ1) is 14.4. The van der Waals surface area contributed by atoms with Crippen LogP contribution in [0.2, 0.25) is 0 Å². The molecular weight excluding hydrogens is 268 g/mol. The molecule has 1 saturated heterocycles. The summed E-state index contributed by atoms with van der Waals surface area (Å²) in [4.78, 5) is 3.98. The van der Waals surface area contributed by atoms with Crippen LogP contribution in [0.4, 0.5) is 0 Å². The van der Waals surface area contributed by atoms with Crippen molar-refractivity contribution in [3.05, 3.63) is 29.8 Å². The van der Waals surface area contributed by atoms with E-state index in [4.69, 9.17) is 4.74 Å². The summed E-state index contributed by atoms with van der Waals surface area (Å²) in [6, 6.07) is 9.26. The average Bonchev–Trinajstić information content (AvgIpc) is 2.89. The molecule has 1 aromatic rings. The lowest BCUT2D eigenvalue weighted by Crippen LogP contribution is -2.55. The number of benzene rings is 1. The number of ether oxygens (including phenoxy) is 1. The van der Waals surface area contributed by atoms with E-state index in [0.29, 0.717) is 6.04 Å². The molecule has 1 N–H and O–H groups in total. The zero-order valence-corrected chi connectivity index (χ0v) is 13.2. The van der Waals surface area contributed by atoms with E-state index in [1.807, 2.05) is 11.8 Å². The molecule has 0 amide bonds. The third-order valence-electron chi connectivity index (χ3n) is 4.35. The lowest BCUT2D eigenvalue weighted by Gasteiger charge is -2.41. The van der Waals surface area contributed by atoms with Crippen LogP contribution in [0.5, 0.6) is 0 Å². The van der Waals surface area contributed by atoms with Crippen LogP contribution in [0, 0.1) is 0 Å². The summed E-state index contributed by atoms with van der Waals surface area (Å²) < 4.78 is 5.45. The van der Waals surface area contributed by atoms with Crippen molar-refractivity contribution < 1.29 is 4.74 Å². The topological polar surface area (TPSA) is 24.5 Å². The van der Waals surface area contributed by atoms with Gasteiger partial charge in [-0.25, -0.2) is 0 Å². The third-order valence-corrected chi connectivity index (χ3v) is 5.53. The van der Waals surface area contributed by atoms with Crippen molar-refractivity contribution >= 4 is 11.8 Å². The molecule has 0 radical (unpaired) electrons. The zero-order valence-electron chi connectivity index (χ0n) is 12.4. The van der Waals surface area contributed by atoms with Crippen molar-refractivity contribution in [2.75, 3.05) is 38.6 Å². The highest BCUT2D eigenvalue weighted by Gasteiger charge is 2.30. The van der Waals surface area contributed by atoms with E-state index in [9.17, 15) is 0 Å². The number of nitrogens with one attached hydrogen (secondary N) is 1. The molecular formula is C16H24N2OS. The van der Waals surface area contributed by atoms with Crippen molar-refractivity contribution in [3.63, 3.8) is 0 Å². The standard InChI is InChI=1S/C16H24N2OS/c1-16(2,18-7-9-19-10-8-18)12-17-14-11-20-15-6-4-3-5-13(14)15/h3-6,14,17H,7-12H2,1-2H3. The second kappa shape index (κ2) is 6.06. The van der Waals surface area contributed by atoms with Gasteiger partial charge in [-0.3, -0.25) is 4.90 Å². The SMILES string of the molecule is CC(C)(CNC1CSc2ccccc21)N1CCOCC1. The molecule has 2 aliphatic heterocycles. The summed E-state index contributed by atoms with van der Waals surface area (Å²) in [7, 11) is 0. The number of hydrogen-bond acceptors (Lipinski definition) is 4. The molecule has 1 fully saturated rings. The van der Waals surface area contributed by atoms with E-state index in [2.05, 4.69) is 48.3 Å². The van der Waals surface area contributed by atoms with Crippen LogP contribution in [0.25, 0.3) is 0 Å². The normalized spacial score (nSPS) is 23.8. The number of hydrogen-bond donors (Lipinski definition) is 1. The molecule has 0 bridgehead atoms. The van der Waals surface area contributed by atoms with E-state index in [-0.39, 0.29) is 5.54 Å². The lowest BCUT2D eigenvalue weighted by atomic mass is 10.0. The number of morpholine rings is 1. The lowest BCUT2D eigenvalue weighted by molar-refractivity contribution is -0.0102. The predicted octanol–water partition coefficient (Wildman–Crippen LogP) is 2.53. The average molecular weight is 292 g/mol. The second-order valence-corrected chi connectivity index (χ2v) is 7.26. The van der Waals surface area contributed by atoms with Crippen molar-refractivity contribution in [1.82, 2.24) is 10.2 Å². The highest BCUT2D eigenvalue weighted by Crippen LogP contribution is 2.37. The van der Waals surface area contributed by atoms with Crippen molar-refractivity contribution in [3.8, 4) is 0 Å². The van der Waals surface area contributed by atoms with Gasteiger partial charge in [0.05, 0.1) is 13.2 Å². The molecule has 2 aliphatic rings. The van der Waals surface area contributed by atoms with Gasteiger partial charge < -0.3 is 10.1 Å². The molecule has 0 aliphatic carbocycles. The van der Waals surface area contributed by atoms with Gasteiger partial charge in [0, 0.05) is 41.9 Å². The van der Waals surface area contributed by atoms with Gasteiger partial charge in [0.2, 0.25) is 0 Å². The van der Waals surface area contributed by atoms with Crippen LogP contribution in [-0.2, 0) is 4.74 Å². The fourth-order valence-electron chi connectivity index (χ4n) is 2.99. The molecule has 4 heteroatoms. The first-order valence-electron chi connectivity index (χ1n) is 7.45. The number of rotatable bonds is 4. The predicted molar refractivity (Wildman–Crippen MR) is 84.4 cm³/mol. The van der Waals surface area contributed by atoms with Crippen LogP contribution in [0.1, 0.15) is 25.5 Å². The van der Waals surface area contributed by atoms with Gasteiger partial charge in [-0.1, -0.05) is 18.2 Å². The van der Waals surface area contributed by atoms with Crippen molar-refractivity contribution in [1.29, 1.82) is 0 Å². The molecule has 0 aromatic heterocycles. The Balaban J connectivity index is 1.59. The van der Waals surface area contributed by atoms with Gasteiger partial charge in [0.15, 0.2) is 0 Å². The fraction of sp³-hybridized carbons (Fsp3) is 0.625. The molecule has 1 unspecified atom stereocenters. The Morgan fingerprint density at radius 3 is 2.85 bits per heavy atom. The van der Waals surface area contributed by atoms with Gasteiger partial charge in [0.1, 0.15) is 0 Å². The molecule has 3 rings (SSSR count). The minimum Gasteiger partial charge on any atom is -0.379 e. The monoisotopic (exact) mass is 292 g/mol. The molecule has 0 saturated carbocycles. The second-order valence-electron chi connectivity index (χ2n) is 6.19. The maximum atomic E-state index is 5.45. The van der Waals surface area contributed by atoms with E-state index in [1.165, 1.54) is 10.5 Å². The Kier molecular flexibility index (Phi) is 4.36. The molecule has 1 atom stereocenters. The zero-order chi connectivity index (χ0) is 14.0. The quantitative estimate of drug-likeness (QED) is 0.922. The summed E-state index contributed by atoms with van der Waals surface area (Å²) in [5.74, 6) is 1.15. The van der Waals surface area contributed by atoms with E-state index >= 15 is 0 Å². The van der Waals surface area contributed by atoms with E-state index < -0.39 is 0 Å². The summed E-state index contributed by atoms with van der Waals surface area (Å²) in [6.07, 6.45) is 0. The van der Waals surface area contributed by atoms with Crippen molar-refractivity contribution in [2.24, 2.45) is 0 Å². The summed E-state index contributed by atoms with van der Waals surface area (Å²) in [6.45, 7) is 9.51. The Labute approximate surface area is 126 Å². The Bertz CT molecular complexity index is 458. The highest BCUT2D eigenvalue weighted by molar-refractivity contribution is 7.99. The van der Waals surface area contributed by atoms with Gasteiger partial charge in [-0.15, -0.1) is 11.8 Å². The van der Waals surface area contributed by atoms with Gasteiger partial charge in [0.25, 0.3) is 0 Å². The van der Waals surface area contributed by atoms with Crippen LogP contribution >= 0.6 is 11.8 Å². The van der Waals surface area contributed by atoms with Crippen molar-refractivity contribution in [2.45, 2.75) is 30.3 Å². The smallest absolute Gasteiger partial charge is 0.0594 e. The van der Waals surface area contributed by atoms with Crippen LogP contribution in [0.3, 0.4) is 0 Å². The Morgan fingerprint density at radius 2 is 2.05 bits per heavy atom. The molecule has 110 valence electrons. The minimum absolute atomic E-state index is 0.186. The van der Waals surface area contributed by atoms with Crippen LogP contribution in [0.15, 0.2) is 29.2 Å².